The molecule has 3 atom stereocenters. The first kappa shape index (κ1) is 61.3. The van der Waals surface area contributed by atoms with Gasteiger partial charge in [0.1, 0.15) is 47.3 Å². The lowest BCUT2D eigenvalue weighted by atomic mass is 9.90. The molecule has 23 heteroatoms. The van der Waals surface area contributed by atoms with Crippen molar-refractivity contribution in [3.05, 3.63) is 118 Å². The van der Waals surface area contributed by atoms with Crippen LogP contribution < -0.4 is 18.9 Å². The van der Waals surface area contributed by atoms with Crippen LogP contribution in [0.3, 0.4) is 0 Å². The first-order valence-corrected chi connectivity index (χ1v) is 27.2. The Balaban J connectivity index is 1.43. The molecule has 19 nitrogen and oxygen atoms in total. The SMILES string of the molecule is [B]OC(=O)[C@@]1(SCCN(C(=O)OC(C)(C)C)C(=O)/C(=N\N(C(=O)OC(C)(C)C)C(=O)OC(C)(C)C)c2ccc(OCc3ccc(OC)cc3)c(OCc3ccc(OC)cc3)c2Cl)CN2C(=O)[C@@H](CC(=O)Cc3ccccc3)[C@H]2S1. The third kappa shape index (κ3) is 16.3. The number of nitrogens with zero attached hydrogens (tertiary/aromatic N) is 4. The van der Waals surface area contributed by atoms with Gasteiger partial charge in [-0.1, -0.05) is 71.2 Å². The van der Waals surface area contributed by atoms with E-state index in [9.17, 15) is 28.8 Å². The second-order valence-electron chi connectivity index (χ2n) is 21.2. The third-order valence-electron chi connectivity index (χ3n) is 11.5. The Morgan fingerprint density at radius 2 is 1.27 bits per heavy atom. The molecule has 0 saturated carbocycles. The standard InChI is InChI=1S/C56H64BClN4O15S2/c1-53(2,3)74-50(67)60(27-28-78-56(49(66)77-57)33-61-46(64)41(48(61)79-56)30-37(63)29-34-15-13-12-14-16-34)47(65)44(59-62(51(68)75-54(4,5)6)52(69)76-55(7,8)9)40-25-26-42(72-31-35-17-21-38(70-10)22-18-35)45(43(40)58)73-32-36-19-23-39(71-11)24-20-36/h12-26,41,48H,27-33H2,1-11H3/b59-44-/t41-,48-,56-/m1/s1. The number of benzene rings is 4. The Hall–Kier alpha value is -6.91. The molecular weight excluding hydrogens is 1080 g/mol. The zero-order valence-corrected chi connectivity index (χ0v) is 48.3. The van der Waals surface area contributed by atoms with Gasteiger partial charge in [-0.25, -0.2) is 19.3 Å². The average molecular weight is 1140 g/mol. The zero-order chi connectivity index (χ0) is 58.0. The number of methoxy groups -OCH3 is 2. The minimum Gasteiger partial charge on any atom is -0.542 e. The number of ether oxygens (including phenoxy) is 7. The van der Waals surface area contributed by atoms with Crippen molar-refractivity contribution in [1.82, 2.24) is 14.8 Å². The summed E-state index contributed by atoms with van der Waals surface area (Å²) in [7, 11) is 8.58. The number of carbonyl (C=O) groups is 7. The van der Waals surface area contributed by atoms with Crippen molar-refractivity contribution in [2.75, 3.05) is 33.1 Å². The molecule has 0 bridgehead atoms. The van der Waals surface area contributed by atoms with Gasteiger partial charge >= 0.3 is 32.3 Å². The lowest BCUT2D eigenvalue weighted by Gasteiger charge is -2.41. The molecule has 420 valence electrons. The molecule has 0 N–H and O–H groups in total. The van der Waals surface area contributed by atoms with Gasteiger partial charge in [-0.15, -0.1) is 23.5 Å². The molecule has 5 amide bonds. The van der Waals surface area contributed by atoms with Gasteiger partial charge in [-0.2, -0.15) is 5.10 Å². The van der Waals surface area contributed by atoms with E-state index in [1.54, 1.807) is 118 Å². The van der Waals surface area contributed by atoms with Gasteiger partial charge in [0.25, 0.3) is 5.91 Å². The van der Waals surface area contributed by atoms with Crippen molar-refractivity contribution in [2.45, 2.75) is 115 Å². The number of fused-ring (bicyclic) bond motifs is 1. The van der Waals surface area contributed by atoms with Crippen LogP contribution in [0.25, 0.3) is 0 Å². The van der Waals surface area contributed by atoms with Gasteiger partial charge in [-0.3, -0.25) is 19.2 Å². The molecule has 4 aromatic rings. The zero-order valence-electron chi connectivity index (χ0n) is 45.9. The third-order valence-corrected chi connectivity index (χ3v) is 15.2. The molecule has 2 fully saturated rings. The summed E-state index contributed by atoms with van der Waals surface area (Å²) in [5.74, 6) is -2.43. The summed E-state index contributed by atoms with van der Waals surface area (Å²) in [4.78, 5) is 101. The Labute approximate surface area is 474 Å². The van der Waals surface area contributed by atoms with Crippen molar-refractivity contribution in [1.29, 1.82) is 0 Å². The molecule has 0 aliphatic carbocycles. The number of hydrazone groups is 1. The van der Waals surface area contributed by atoms with Gasteiger partial charge < -0.3 is 42.7 Å². The quantitative estimate of drug-likeness (QED) is 0.0264. The van der Waals surface area contributed by atoms with Gasteiger partial charge in [0, 0.05) is 30.7 Å². The first-order valence-electron chi connectivity index (χ1n) is 25.0. The fourth-order valence-electron chi connectivity index (χ4n) is 7.87. The Kier molecular flexibility index (Phi) is 20.1. The highest BCUT2D eigenvalue weighted by Gasteiger charge is 2.62. The molecule has 0 unspecified atom stereocenters. The minimum atomic E-state index is -1.59. The van der Waals surface area contributed by atoms with Crippen molar-refractivity contribution in [2.24, 2.45) is 11.0 Å². The normalized spacial score (nSPS) is 17.1. The highest BCUT2D eigenvalue weighted by Crippen LogP contribution is 2.56. The Morgan fingerprint density at radius 1 is 0.734 bits per heavy atom. The number of amides is 5. The predicted octanol–water partition coefficient (Wildman–Crippen LogP) is 9.94. The highest BCUT2D eigenvalue weighted by molar-refractivity contribution is 8.20. The van der Waals surface area contributed by atoms with Crippen molar-refractivity contribution >= 4 is 90.7 Å². The van der Waals surface area contributed by atoms with Crippen molar-refractivity contribution in [3.63, 3.8) is 0 Å². The van der Waals surface area contributed by atoms with E-state index in [0.717, 1.165) is 34.7 Å². The van der Waals surface area contributed by atoms with E-state index in [0.29, 0.717) is 22.0 Å². The summed E-state index contributed by atoms with van der Waals surface area (Å²) < 4.78 is 43.5. The van der Waals surface area contributed by atoms with Crippen molar-refractivity contribution in [3.8, 4) is 23.0 Å². The summed E-state index contributed by atoms with van der Waals surface area (Å²) in [6, 6.07) is 25.9. The number of hydrogen-bond acceptors (Lipinski definition) is 18. The van der Waals surface area contributed by atoms with Crippen LogP contribution in [0.4, 0.5) is 14.4 Å². The molecule has 2 aliphatic heterocycles. The monoisotopic (exact) mass is 1140 g/mol. The number of Topliss-reactive ketones (excluding diaryl/α,β-unsaturated/α-hetero) is 1. The van der Waals surface area contributed by atoms with Crippen LogP contribution in [0.15, 0.2) is 96.1 Å². The van der Waals surface area contributed by atoms with Crippen LogP contribution in [0.2, 0.25) is 5.02 Å². The molecule has 2 heterocycles. The summed E-state index contributed by atoms with van der Waals surface area (Å²) in [5.41, 5.74) is -2.48. The van der Waals surface area contributed by atoms with Crippen LogP contribution in [0.5, 0.6) is 23.0 Å². The minimum absolute atomic E-state index is 0.00474. The van der Waals surface area contributed by atoms with Crippen LogP contribution >= 0.6 is 35.1 Å². The number of β-lactam (4-membered cyclic amide) rings is 1. The molecule has 2 saturated heterocycles. The fourth-order valence-corrected chi connectivity index (χ4v) is 11.4. The summed E-state index contributed by atoms with van der Waals surface area (Å²) in [5, 5.41) is 3.65. The van der Waals surface area contributed by atoms with E-state index in [-0.39, 0.29) is 77.1 Å². The van der Waals surface area contributed by atoms with Gasteiger partial charge in [0.05, 0.1) is 37.1 Å². The van der Waals surface area contributed by atoms with E-state index in [2.05, 4.69) is 5.10 Å². The Morgan fingerprint density at radius 3 is 1.78 bits per heavy atom. The topological polar surface area (TPSA) is 215 Å². The molecule has 2 radical (unpaired) electrons. The van der Waals surface area contributed by atoms with Crippen LogP contribution in [0.1, 0.15) is 91.0 Å². The van der Waals surface area contributed by atoms with Gasteiger partial charge in [-0.05, 0) is 115 Å². The largest absolute Gasteiger partial charge is 0.542 e. The van der Waals surface area contributed by atoms with E-state index < -0.39 is 74.6 Å². The second-order valence-corrected chi connectivity index (χ2v) is 24.6. The van der Waals surface area contributed by atoms with Crippen LogP contribution in [-0.2, 0) is 57.7 Å². The van der Waals surface area contributed by atoms with Crippen molar-refractivity contribution < 1.29 is 71.4 Å². The molecule has 2 aliphatic rings. The number of ketones is 1. The summed E-state index contributed by atoms with van der Waals surface area (Å²) in [6.45, 7) is 13.2. The molecule has 0 spiro atoms. The lowest BCUT2D eigenvalue weighted by Crippen LogP contribution is -2.57. The van der Waals surface area contributed by atoms with Gasteiger partial charge in [0.2, 0.25) is 5.91 Å². The summed E-state index contributed by atoms with van der Waals surface area (Å²) in [6.07, 6.45) is -3.88. The van der Waals surface area contributed by atoms with E-state index in [4.69, 9.17) is 57.5 Å². The van der Waals surface area contributed by atoms with E-state index in [1.807, 2.05) is 30.3 Å². The summed E-state index contributed by atoms with van der Waals surface area (Å²) >= 11 is 9.35. The number of imide groups is 2. The molecular formula is C56H64BClN4O15S2. The average Bonchev–Trinajstić information content (AvgIpc) is 3.86. The number of thioether (sulfide) groups is 2. The number of halogens is 1. The van der Waals surface area contributed by atoms with E-state index >= 15 is 4.79 Å². The lowest BCUT2D eigenvalue weighted by molar-refractivity contribution is -0.152. The number of hydrogen-bond donors (Lipinski definition) is 0. The molecule has 4 aromatic carbocycles. The number of carbonyl (C=O) groups excluding carboxylic acids is 7. The first-order chi connectivity index (χ1) is 37.1. The molecule has 6 rings (SSSR count). The van der Waals surface area contributed by atoms with Crippen LogP contribution in [-0.4, -0.2) is 130 Å². The second kappa shape index (κ2) is 25.9. The maximum Gasteiger partial charge on any atom is 0.441 e. The Bertz CT molecular complexity index is 2880. The fraction of sp³-hybridized carbons (Fsp3) is 0.429. The molecule has 0 aromatic heterocycles. The maximum atomic E-state index is 15.6. The maximum absolute atomic E-state index is 15.6. The predicted molar refractivity (Wildman–Crippen MR) is 298 cm³/mol. The van der Waals surface area contributed by atoms with Gasteiger partial charge in [0.15, 0.2) is 21.3 Å². The smallest absolute Gasteiger partial charge is 0.441 e. The van der Waals surface area contributed by atoms with Crippen LogP contribution in [0, 0.1) is 5.92 Å². The molecule has 79 heavy (non-hydrogen) atoms. The highest BCUT2D eigenvalue weighted by atomic mass is 35.5. The van der Waals surface area contributed by atoms with E-state index in [1.165, 1.54) is 24.1 Å². The number of rotatable bonds is 20.